The smallest absolute Gasteiger partial charge is 0.349 e. The predicted octanol–water partition coefficient (Wildman–Crippen LogP) is 1.79. The fraction of sp³-hybridized carbons (Fsp3) is 0.333. The summed E-state index contributed by atoms with van der Waals surface area (Å²) in [5, 5.41) is 4.66. The molecule has 0 saturated carbocycles. The van der Waals surface area contributed by atoms with E-state index in [1.165, 1.54) is 10.9 Å². The lowest BCUT2D eigenvalue weighted by Crippen LogP contribution is -2.27. The molecule has 2 aromatic heterocycles. The number of nitrogens with two attached hydrogens (primary N) is 1. The lowest BCUT2D eigenvalue weighted by atomic mass is 10.0. The molecule has 1 aliphatic heterocycles. The number of hydrogen-bond donors (Lipinski definition) is 3. The number of aryl methyl sites for hydroxylation is 1. The zero-order chi connectivity index (χ0) is 17.4. The zero-order valence-electron chi connectivity index (χ0n) is 14.1. The van der Waals surface area contributed by atoms with Crippen molar-refractivity contribution < 1.29 is 4.74 Å². The molecule has 3 aromatic rings. The molecular formula is C18H21N5O2. The number of hydrogen-bond acceptors (Lipinski definition) is 5. The molecule has 7 nitrogen and oxygen atoms in total. The van der Waals surface area contributed by atoms with Gasteiger partial charge in [0.05, 0.1) is 11.6 Å². The van der Waals surface area contributed by atoms with E-state index in [2.05, 4.69) is 45.0 Å². The molecule has 1 aromatic carbocycles. The fourth-order valence-electron chi connectivity index (χ4n) is 3.52. The van der Waals surface area contributed by atoms with E-state index in [4.69, 9.17) is 10.5 Å². The second-order valence-corrected chi connectivity index (χ2v) is 6.19. The summed E-state index contributed by atoms with van der Waals surface area (Å²) in [5.41, 5.74) is 8.61. The van der Waals surface area contributed by atoms with Crippen molar-refractivity contribution in [2.24, 2.45) is 0 Å². The molecule has 4 rings (SSSR count). The number of aromatic amines is 1. The Balaban J connectivity index is 1.95. The third kappa shape index (κ3) is 2.66. The predicted molar refractivity (Wildman–Crippen MR) is 96.8 cm³/mol. The van der Waals surface area contributed by atoms with Gasteiger partial charge in [-0.2, -0.15) is 4.98 Å². The summed E-state index contributed by atoms with van der Waals surface area (Å²) in [6, 6.07) is 10.3. The van der Waals surface area contributed by atoms with Gasteiger partial charge in [-0.05, 0) is 23.9 Å². The Bertz CT molecular complexity index is 975. The molecule has 1 aliphatic rings. The highest BCUT2D eigenvalue weighted by molar-refractivity contribution is 5.81. The Morgan fingerprint density at radius 1 is 1.40 bits per heavy atom. The van der Waals surface area contributed by atoms with Crippen LogP contribution >= 0.6 is 0 Å². The first-order chi connectivity index (χ1) is 12.2. The fourth-order valence-corrected chi connectivity index (χ4v) is 3.52. The van der Waals surface area contributed by atoms with Gasteiger partial charge in [-0.15, -0.1) is 0 Å². The highest BCUT2D eigenvalue weighted by Crippen LogP contribution is 2.35. The van der Waals surface area contributed by atoms with Gasteiger partial charge >= 0.3 is 5.69 Å². The van der Waals surface area contributed by atoms with Crippen LogP contribution in [0.2, 0.25) is 0 Å². The molecule has 3 heterocycles. The number of ether oxygens (including phenoxy) is 1. The van der Waals surface area contributed by atoms with Gasteiger partial charge in [0.15, 0.2) is 0 Å². The molecule has 7 heteroatoms. The SMILES string of the molecule is CCCn1c(C2NCCOc3nc(=O)[nH]c(N)c32)cc2ccccc21. The summed E-state index contributed by atoms with van der Waals surface area (Å²) in [4.78, 5) is 18.2. The van der Waals surface area contributed by atoms with E-state index in [1.807, 2.05) is 12.1 Å². The van der Waals surface area contributed by atoms with Gasteiger partial charge in [-0.25, -0.2) is 4.79 Å². The lowest BCUT2D eigenvalue weighted by Gasteiger charge is -2.21. The third-order valence-electron chi connectivity index (χ3n) is 4.53. The van der Waals surface area contributed by atoms with Gasteiger partial charge in [-0.1, -0.05) is 25.1 Å². The molecule has 130 valence electrons. The number of fused-ring (bicyclic) bond motifs is 2. The Kier molecular flexibility index (Phi) is 3.93. The summed E-state index contributed by atoms with van der Waals surface area (Å²) in [6.45, 7) is 4.13. The Labute approximate surface area is 144 Å². The maximum absolute atomic E-state index is 11.7. The van der Waals surface area contributed by atoms with Crippen LogP contribution < -0.4 is 21.5 Å². The van der Waals surface area contributed by atoms with Gasteiger partial charge in [0, 0.05) is 24.3 Å². The third-order valence-corrected chi connectivity index (χ3v) is 4.53. The number of nitrogens with one attached hydrogen (secondary N) is 2. The highest BCUT2D eigenvalue weighted by atomic mass is 16.5. The van der Waals surface area contributed by atoms with Gasteiger partial charge in [0.2, 0.25) is 5.88 Å². The molecule has 0 amide bonds. The maximum atomic E-state index is 11.7. The molecule has 0 bridgehead atoms. The van der Waals surface area contributed by atoms with Crippen LogP contribution in [0.25, 0.3) is 10.9 Å². The first-order valence-corrected chi connectivity index (χ1v) is 8.53. The average molecular weight is 339 g/mol. The van der Waals surface area contributed by atoms with Gasteiger partial charge in [0.25, 0.3) is 0 Å². The van der Waals surface area contributed by atoms with E-state index in [-0.39, 0.29) is 6.04 Å². The van der Waals surface area contributed by atoms with Crippen molar-refractivity contribution in [2.75, 3.05) is 18.9 Å². The average Bonchev–Trinajstić information content (AvgIpc) is 2.80. The first kappa shape index (κ1) is 15.7. The van der Waals surface area contributed by atoms with Crippen LogP contribution in [-0.4, -0.2) is 27.7 Å². The summed E-state index contributed by atoms with van der Waals surface area (Å²) in [5.74, 6) is 0.604. The monoisotopic (exact) mass is 339 g/mol. The van der Waals surface area contributed by atoms with E-state index in [9.17, 15) is 4.79 Å². The molecule has 25 heavy (non-hydrogen) atoms. The first-order valence-electron chi connectivity index (χ1n) is 8.53. The lowest BCUT2D eigenvalue weighted by molar-refractivity contribution is 0.312. The van der Waals surface area contributed by atoms with E-state index < -0.39 is 5.69 Å². The number of H-pyrrole nitrogens is 1. The molecular weight excluding hydrogens is 318 g/mol. The zero-order valence-corrected chi connectivity index (χ0v) is 14.1. The minimum atomic E-state index is -0.494. The summed E-state index contributed by atoms with van der Waals surface area (Å²) < 4.78 is 7.95. The standard InChI is InChI=1S/C18H21N5O2/c1-2-8-23-12-6-4-3-5-11(12)10-13(23)15-14-16(19)21-18(24)22-17(14)25-9-7-20-15/h3-6,10,15,20H,2,7-9H2,1H3,(H3,19,21,22,24). The van der Waals surface area contributed by atoms with E-state index in [1.54, 1.807) is 0 Å². The molecule has 1 atom stereocenters. The van der Waals surface area contributed by atoms with E-state index >= 15 is 0 Å². The van der Waals surface area contributed by atoms with Crippen LogP contribution in [0.15, 0.2) is 35.1 Å². The number of rotatable bonds is 3. The normalized spacial score (nSPS) is 17.1. The van der Waals surface area contributed by atoms with Crippen molar-refractivity contribution in [2.45, 2.75) is 25.9 Å². The van der Waals surface area contributed by atoms with Crippen LogP contribution in [-0.2, 0) is 6.54 Å². The summed E-state index contributed by atoms with van der Waals surface area (Å²) >= 11 is 0. The molecule has 0 radical (unpaired) electrons. The minimum Gasteiger partial charge on any atom is -0.476 e. The number of para-hydroxylation sites is 1. The van der Waals surface area contributed by atoms with Crippen molar-refractivity contribution in [1.29, 1.82) is 0 Å². The van der Waals surface area contributed by atoms with Crippen molar-refractivity contribution >= 4 is 16.7 Å². The second-order valence-electron chi connectivity index (χ2n) is 6.19. The number of nitrogens with zero attached hydrogens (tertiary/aromatic N) is 2. The van der Waals surface area contributed by atoms with E-state index in [0.717, 1.165) is 18.7 Å². The highest BCUT2D eigenvalue weighted by Gasteiger charge is 2.28. The number of benzene rings is 1. The molecule has 0 saturated heterocycles. The van der Waals surface area contributed by atoms with Crippen molar-refractivity contribution in [1.82, 2.24) is 19.9 Å². The number of aromatic nitrogens is 3. The van der Waals surface area contributed by atoms with Crippen LogP contribution in [0.1, 0.15) is 30.6 Å². The Morgan fingerprint density at radius 3 is 3.08 bits per heavy atom. The topological polar surface area (TPSA) is 98.0 Å². The maximum Gasteiger partial charge on any atom is 0.349 e. The number of nitrogen functional groups attached to an aromatic ring is 1. The Morgan fingerprint density at radius 2 is 2.24 bits per heavy atom. The van der Waals surface area contributed by atoms with Crippen molar-refractivity contribution in [3.63, 3.8) is 0 Å². The van der Waals surface area contributed by atoms with Crippen LogP contribution in [0, 0.1) is 0 Å². The molecule has 1 unspecified atom stereocenters. The van der Waals surface area contributed by atoms with E-state index in [0.29, 0.717) is 30.4 Å². The molecule has 0 fully saturated rings. The van der Waals surface area contributed by atoms with Gasteiger partial charge in [-0.3, -0.25) is 4.98 Å². The minimum absolute atomic E-state index is 0.194. The quantitative estimate of drug-likeness (QED) is 0.676. The van der Waals surface area contributed by atoms with Crippen molar-refractivity contribution in [3.05, 3.63) is 52.1 Å². The van der Waals surface area contributed by atoms with Crippen molar-refractivity contribution in [3.8, 4) is 5.88 Å². The number of anilines is 1. The van der Waals surface area contributed by atoms with Crippen LogP contribution in [0.3, 0.4) is 0 Å². The largest absolute Gasteiger partial charge is 0.476 e. The summed E-state index contributed by atoms with van der Waals surface area (Å²) in [7, 11) is 0. The van der Waals surface area contributed by atoms with Crippen LogP contribution in [0.5, 0.6) is 5.88 Å². The van der Waals surface area contributed by atoms with Crippen LogP contribution in [0.4, 0.5) is 5.82 Å². The summed E-state index contributed by atoms with van der Waals surface area (Å²) in [6.07, 6.45) is 1.01. The van der Waals surface area contributed by atoms with Gasteiger partial charge < -0.3 is 20.4 Å². The molecule has 0 aliphatic carbocycles. The molecule has 0 spiro atoms. The Hall–Kier alpha value is -2.80. The second kappa shape index (κ2) is 6.25. The molecule has 4 N–H and O–H groups in total. The van der Waals surface area contributed by atoms with Gasteiger partial charge in [0.1, 0.15) is 12.4 Å².